The number of pyridine rings is 3. The molecule has 0 aliphatic carbocycles. The summed E-state index contributed by atoms with van der Waals surface area (Å²) in [5, 5.41) is 37.5. The highest BCUT2D eigenvalue weighted by atomic mass is 16.5. The Labute approximate surface area is 586 Å². The third kappa shape index (κ3) is 17.8. The minimum Gasteiger partial charge on any atom is -0.379 e. The Kier molecular flexibility index (Phi) is 23.9. The lowest BCUT2D eigenvalue weighted by atomic mass is 9.95. The molecule has 6 aromatic heterocycles. The number of nitriles is 1. The predicted molar refractivity (Wildman–Crippen MR) is 382 cm³/mol. The number of carbonyl (C=O) groups excluding carboxylic acids is 1. The van der Waals surface area contributed by atoms with Crippen molar-refractivity contribution in [1.82, 2.24) is 78.8 Å². The fraction of sp³-hybridized carbons (Fsp3) is 0.453. The Hall–Kier alpha value is -9.39. The highest BCUT2D eigenvalue weighted by molar-refractivity contribution is 5.97. The Morgan fingerprint density at radius 3 is 1.34 bits per heavy atom. The largest absolute Gasteiger partial charge is 0.379 e. The third-order valence-corrected chi connectivity index (χ3v) is 20.0. The van der Waals surface area contributed by atoms with Gasteiger partial charge < -0.3 is 48.3 Å². The maximum atomic E-state index is 11.9. The summed E-state index contributed by atoms with van der Waals surface area (Å²) >= 11 is 0. The number of piperidine rings is 2. The van der Waals surface area contributed by atoms with Crippen molar-refractivity contribution in [2.24, 2.45) is 5.73 Å². The Morgan fingerprint density at radius 2 is 0.870 bits per heavy atom. The van der Waals surface area contributed by atoms with Crippen LogP contribution in [0.25, 0.3) is 0 Å². The molecule has 15 rings (SSSR count). The molecule has 0 saturated carbocycles. The van der Waals surface area contributed by atoms with Gasteiger partial charge in [-0.3, -0.25) is 24.4 Å². The molecule has 6 fully saturated rings. The van der Waals surface area contributed by atoms with E-state index < -0.39 is 5.91 Å². The second kappa shape index (κ2) is 34.6. The molecule has 9 aromatic rings. The molecule has 3 aromatic carbocycles. The summed E-state index contributed by atoms with van der Waals surface area (Å²) in [6, 6.07) is 47.4. The van der Waals surface area contributed by atoms with Crippen LogP contribution in [0.4, 0.5) is 17.5 Å². The van der Waals surface area contributed by atoms with E-state index in [9.17, 15) is 10.1 Å². The van der Waals surface area contributed by atoms with Crippen molar-refractivity contribution in [1.29, 1.82) is 5.26 Å². The first-order valence-corrected chi connectivity index (χ1v) is 35.6. The van der Waals surface area contributed by atoms with E-state index in [2.05, 4.69) is 187 Å². The van der Waals surface area contributed by atoms with Gasteiger partial charge in [0.2, 0.25) is 0 Å². The summed E-state index contributed by atoms with van der Waals surface area (Å²) in [6.07, 6.45) is 9.10. The van der Waals surface area contributed by atoms with Gasteiger partial charge in [-0.2, -0.15) is 5.26 Å². The van der Waals surface area contributed by atoms with E-state index in [1.54, 1.807) is 24.5 Å². The van der Waals surface area contributed by atoms with E-state index in [0.29, 0.717) is 28.8 Å². The first-order chi connectivity index (χ1) is 49.3. The minimum atomic E-state index is -0.444. The van der Waals surface area contributed by atoms with Gasteiger partial charge >= 0.3 is 0 Å². The molecule has 100 heavy (non-hydrogen) atoms. The molecular weight excluding hydrogens is 1260 g/mol. The molecule has 1 amide bonds. The number of rotatable bonds is 20. The van der Waals surface area contributed by atoms with Gasteiger partial charge in [0.05, 0.1) is 96.1 Å². The number of amides is 1. The van der Waals surface area contributed by atoms with Crippen LogP contribution in [0.3, 0.4) is 0 Å². The van der Waals surface area contributed by atoms with Gasteiger partial charge in [-0.15, -0.1) is 30.6 Å². The molecule has 522 valence electrons. The van der Waals surface area contributed by atoms with Crippen LogP contribution in [0.15, 0.2) is 152 Å². The minimum absolute atomic E-state index is 0.182. The number of aromatic nitrogens is 12. The highest BCUT2D eigenvalue weighted by Crippen LogP contribution is 2.34. The van der Waals surface area contributed by atoms with Gasteiger partial charge in [0.25, 0.3) is 5.91 Å². The van der Waals surface area contributed by atoms with E-state index in [-0.39, 0.29) is 6.04 Å². The molecule has 0 radical (unpaired) electrons. The van der Waals surface area contributed by atoms with E-state index in [1.165, 1.54) is 16.7 Å². The number of ether oxygens (including phenoxy) is 3. The zero-order valence-corrected chi connectivity index (χ0v) is 57.5. The lowest BCUT2D eigenvalue weighted by molar-refractivity contribution is 0.0324. The zero-order chi connectivity index (χ0) is 68.2. The van der Waals surface area contributed by atoms with Crippen LogP contribution in [0.1, 0.15) is 118 Å². The second-order valence-electron chi connectivity index (χ2n) is 26.4. The van der Waals surface area contributed by atoms with Gasteiger partial charge in [0.1, 0.15) is 58.5 Å². The predicted octanol–water partition coefficient (Wildman–Crippen LogP) is 7.28. The third-order valence-electron chi connectivity index (χ3n) is 20.0. The molecule has 0 unspecified atom stereocenters. The topological polar surface area (TPSA) is 248 Å². The summed E-state index contributed by atoms with van der Waals surface area (Å²) < 4.78 is 23.5. The number of benzene rings is 3. The van der Waals surface area contributed by atoms with Crippen LogP contribution in [0.2, 0.25) is 0 Å². The molecule has 0 spiro atoms. The number of nitrogens with zero attached hydrogens (tertiary/aromatic N) is 20. The SMILES string of the molecule is C[C@@H](c1ccccc1)n1c(CN2CCOCC2)nnc1CN1CCN(c2ccccn2)CC1.N#Cc1cccnc1N1CCC(c2nnc(CN3CCOCC3)n2Cc2ccccc2)CC1.NC(=O)c1cccnc1N1CCC(c2nnc(CN3CCOCC3)n2Cc2ccccc2)CC1. The van der Waals surface area contributed by atoms with Crippen LogP contribution in [-0.2, 0) is 53.5 Å². The normalized spacial score (nSPS) is 18.1. The molecule has 6 aliphatic heterocycles. The molecule has 25 heteroatoms. The van der Waals surface area contributed by atoms with Crippen LogP contribution < -0.4 is 20.4 Å². The van der Waals surface area contributed by atoms with Crippen molar-refractivity contribution < 1.29 is 19.0 Å². The van der Waals surface area contributed by atoms with Crippen LogP contribution in [0, 0.1) is 11.3 Å². The van der Waals surface area contributed by atoms with Crippen molar-refractivity contribution in [3.05, 3.63) is 215 Å². The monoisotopic (exact) mass is 1350 g/mol. The van der Waals surface area contributed by atoms with Gasteiger partial charge in [-0.05, 0) is 85.7 Å². The average molecular weight is 1350 g/mol. The molecule has 1 atom stereocenters. The quantitative estimate of drug-likeness (QED) is 0.0787. The van der Waals surface area contributed by atoms with E-state index in [1.807, 2.05) is 36.5 Å². The smallest absolute Gasteiger partial charge is 0.252 e. The highest BCUT2D eigenvalue weighted by Gasteiger charge is 2.32. The van der Waals surface area contributed by atoms with Crippen molar-refractivity contribution in [2.45, 2.75) is 89.8 Å². The van der Waals surface area contributed by atoms with Crippen molar-refractivity contribution >= 4 is 23.4 Å². The van der Waals surface area contributed by atoms with E-state index in [0.717, 1.165) is 243 Å². The van der Waals surface area contributed by atoms with Crippen LogP contribution in [0.5, 0.6) is 0 Å². The maximum Gasteiger partial charge on any atom is 0.252 e. The lowest BCUT2D eigenvalue weighted by Gasteiger charge is -2.35. The average Bonchev–Trinajstić information content (AvgIpc) is 1.61. The van der Waals surface area contributed by atoms with Crippen LogP contribution >= 0.6 is 0 Å². The number of hydrogen-bond donors (Lipinski definition) is 1. The van der Waals surface area contributed by atoms with E-state index in [4.69, 9.17) is 30.1 Å². The zero-order valence-electron chi connectivity index (χ0n) is 57.5. The second-order valence-corrected chi connectivity index (χ2v) is 26.4. The number of primary amides is 1. The summed E-state index contributed by atoms with van der Waals surface area (Å²) in [5.41, 5.74) is 10.5. The fourth-order valence-electron chi connectivity index (χ4n) is 14.3. The summed E-state index contributed by atoms with van der Waals surface area (Å²) in [5.74, 6) is 8.94. The summed E-state index contributed by atoms with van der Waals surface area (Å²) in [6.45, 7) is 24.4. The molecule has 2 N–H and O–H groups in total. The molecule has 12 heterocycles. The van der Waals surface area contributed by atoms with Crippen LogP contribution in [-0.4, -0.2) is 216 Å². The molecular formula is C75H93N21O4. The van der Waals surface area contributed by atoms with Crippen molar-refractivity contribution in [3.8, 4) is 6.07 Å². The molecule has 25 nitrogen and oxygen atoms in total. The Bertz CT molecular complexity index is 4020. The number of carbonyl (C=O) groups is 1. The molecule has 0 bridgehead atoms. The number of nitrogens with two attached hydrogens (primary N) is 1. The first-order valence-electron chi connectivity index (χ1n) is 35.6. The molecule has 6 saturated heterocycles. The van der Waals surface area contributed by atoms with Gasteiger partial charge in [0, 0.05) is 122 Å². The Morgan fingerprint density at radius 1 is 0.450 bits per heavy atom. The first kappa shape index (κ1) is 69.1. The number of piperazine rings is 1. The number of morpholine rings is 3. The number of hydrogen-bond acceptors (Lipinski definition) is 21. The fourth-order valence-corrected chi connectivity index (χ4v) is 14.3. The van der Waals surface area contributed by atoms with E-state index >= 15 is 0 Å². The van der Waals surface area contributed by atoms with Gasteiger partial charge in [0.15, 0.2) is 0 Å². The Balaban J connectivity index is 0.000000134. The summed E-state index contributed by atoms with van der Waals surface area (Å²) in [7, 11) is 0. The van der Waals surface area contributed by atoms with Crippen molar-refractivity contribution in [2.75, 3.05) is 146 Å². The lowest BCUT2D eigenvalue weighted by Crippen LogP contribution is -2.46. The molecule has 6 aliphatic rings. The van der Waals surface area contributed by atoms with Gasteiger partial charge in [-0.1, -0.05) is 97.1 Å². The van der Waals surface area contributed by atoms with Gasteiger partial charge in [-0.25, -0.2) is 15.0 Å². The standard InChI is InChI=1S/C25H31N7O2.C25H33N7O.C25H29N7O/c26-23(33)21-7-4-10-27-25(21)31-11-8-20(9-12-31)24-29-28-22(18-30-13-15-34-16-14-30)32(24)17-19-5-2-1-3-6-19;1-21(22-7-3-2-4-8-22)32-24(27-28-25(32)20-30-15-17-33-18-16-30)19-29-11-13-31(14-12-29)23-9-5-6-10-26-23;26-17-22-7-4-10-27-24(22)31-11-8-21(9-12-31)25-29-28-23(19-30-13-15-33-16-14-30)32(25)18-20-5-2-1-3-6-20/h1-7,10,20H,8-9,11-18H2,(H2,26,33);2-10,21H,11-20H2,1H3;1-7,10,21H,8-9,11-16,18-19H2/t;21-;/m.0./s1. The van der Waals surface area contributed by atoms with Crippen molar-refractivity contribution in [3.63, 3.8) is 0 Å². The summed E-state index contributed by atoms with van der Waals surface area (Å²) in [4.78, 5) is 41.7. The maximum absolute atomic E-state index is 11.9. The number of anilines is 3.